The Morgan fingerprint density at radius 3 is 2.44 bits per heavy atom. The van der Waals surface area contributed by atoms with Crippen molar-refractivity contribution in [1.82, 2.24) is 0 Å². The van der Waals surface area contributed by atoms with Crippen molar-refractivity contribution in [3.8, 4) is 0 Å². The Labute approximate surface area is 165 Å². The largest absolute Gasteiger partial charge is 0.469 e. The molecule has 0 saturated heterocycles. The molecule has 0 aliphatic heterocycles. The van der Waals surface area contributed by atoms with Crippen molar-refractivity contribution in [3.63, 3.8) is 0 Å². The van der Waals surface area contributed by atoms with Crippen LogP contribution in [0.5, 0.6) is 0 Å². The highest BCUT2D eigenvalue weighted by molar-refractivity contribution is 5.69. The number of rotatable bonds is 3. The number of hydrogen-bond acceptors (Lipinski definition) is 3. The predicted octanol–water partition coefficient (Wildman–Crippen LogP) is 5.35. The Bertz CT molecular complexity index is 584. The summed E-state index contributed by atoms with van der Waals surface area (Å²) in [6, 6.07) is 0. The molecule has 4 rings (SSSR count). The molecule has 3 nitrogen and oxygen atoms in total. The quantitative estimate of drug-likeness (QED) is 0.675. The van der Waals surface area contributed by atoms with Gasteiger partial charge in [-0.3, -0.25) is 4.79 Å². The first-order valence-corrected chi connectivity index (χ1v) is 11.5. The average Bonchev–Trinajstić information content (AvgIpc) is 2.96. The van der Waals surface area contributed by atoms with Crippen molar-refractivity contribution in [2.24, 2.45) is 40.4 Å². The minimum atomic E-state index is -0.438. The number of esters is 1. The van der Waals surface area contributed by atoms with Crippen molar-refractivity contribution >= 4 is 5.97 Å². The van der Waals surface area contributed by atoms with Gasteiger partial charge in [0.15, 0.2) is 0 Å². The third-order valence-corrected chi connectivity index (χ3v) is 10.1. The Balaban J connectivity index is 1.50. The van der Waals surface area contributed by atoms with Crippen molar-refractivity contribution < 1.29 is 14.6 Å². The first-order valence-electron chi connectivity index (χ1n) is 11.5. The SMILES string of the molecule is COC(=O)CC[C@H]1CC[C@H]2[C@@H]3CC[C@H]4C[C@@](C)(O)CC[C@]4(C)[C@H]3CC[C@]12C. The molecule has 0 aromatic carbocycles. The normalized spacial score (nSPS) is 51.8. The summed E-state index contributed by atoms with van der Waals surface area (Å²) >= 11 is 0. The molecule has 0 radical (unpaired) electrons. The molecule has 0 heterocycles. The van der Waals surface area contributed by atoms with Crippen LogP contribution in [0.15, 0.2) is 0 Å². The number of ether oxygens (including phenoxy) is 1. The van der Waals surface area contributed by atoms with Crippen LogP contribution in [0, 0.1) is 40.4 Å². The van der Waals surface area contributed by atoms with Crippen LogP contribution in [-0.2, 0) is 9.53 Å². The minimum Gasteiger partial charge on any atom is -0.469 e. The minimum absolute atomic E-state index is 0.0435. The van der Waals surface area contributed by atoms with Gasteiger partial charge in [0, 0.05) is 6.42 Å². The molecule has 0 amide bonds. The van der Waals surface area contributed by atoms with Crippen molar-refractivity contribution in [3.05, 3.63) is 0 Å². The van der Waals surface area contributed by atoms with Gasteiger partial charge in [0.1, 0.15) is 0 Å². The summed E-state index contributed by atoms with van der Waals surface area (Å²) in [5, 5.41) is 10.6. The summed E-state index contributed by atoms with van der Waals surface area (Å²) in [6.07, 6.45) is 12.8. The van der Waals surface area contributed by atoms with Crippen molar-refractivity contribution in [2.45, 2.75) is 97.0 Å². The predicted molar refractivity (Wildman–Crippen MR) is 107 cm³/mol. The van der Waals surface area contributed by atoms with Crippen LogP contribution in [0.3, 0.4) is 0 Å². The van der Waals surface area contributed by atoms with E-state index in [0.717, 1.165) is 37.0 Å². The highest BCUT2D eigenvalue weighted by Crippen LogP contribution is 2.68. The van der Waals surface area contributed by atoms with Crippen LogP contribution in [-0.4, -0.2) is 23.8 Å². The molecule has 4 aliphatic carbocycles. The molecular weight excluding hydrogens is 336 g/mol. The lowest BCUT2D eigenvalue weighted by atomic mass is 9.44. The highest BCUT2D eigenvalue weighted by Gasteiger charge is 2.60. The Kier molecular flexibility index (Phi) is 4.93. The fraction of sp³-hybridized carbons (Fsp3) is 0.958. The van der Waals surface area contributed by atoms with Crippen LogP contribution in [0.1, 0.15) is 91.4 Å². The number of carbonyl (C=O) groups excluding carboxylic acids is 1. The van der Waals surface area contributed by atoms with E-state index in [4.69, 9.17) is 4.74 Å². The third kappa shape index (κ3) is 3.16. The summed E-state index contributed by atoms with van der Waals surface area (Å²) < 4.78 is 4.89. The van der Waals surface area contributed by atoms with E-state index < -0.39 is 5.60 Å². The first-order chi connectivity index (χ1) is 12.7. The molecule has 0 aromatic rings. The zero-order chi connectivity index (χ0) is 19.4. The van der Waals surface area contributed by atoms with E-state index in [9.17, 15) is 9.90 Å². The maximum atomic E-state index is 11.7. The van der Waals surface area contributed by atoms with Crippen LogP contribution < -0.4 is 0 Å². The number of hydrogen-bond donors (Lipinski definition) is 1. The van der Waals surface area contributed by atoms with Gasteiger partial charge in [-0.05, 0) is 112 Å². The number of methoxy groups -OCH3 is 1. The Morgan fingerprint density at radius 1 is 0.963 bits per heavy atom. The maximum Gasteiger partial charge on any atom is 0.305 e. The summed E-state index contributed by atoms with van der Waals surface area (Å²) in [4.78, 5) is 11.7. The highest BCUT2D eigenvalue weighted by atomic mass is 16.5. The van der Waals surface area contributed by atoms with Gasteiger partial charge in [-0.1, -0.05) is 13.8 Å². The molecule has 4 saturated carbocycles. The van der Waals surface area contributed by atoms with Gasteiger partial charge in [0.25, 0.3) is 0 Å². The second-order valence-corrected chi connectivity index (χ2v) is 11.3. The van der Waals surface area contributed by atoms with E-state index in [2.05, 4.69) is 20.8 Å². The molecule has 4 fully saturated rings. The molecule has 8 atom stereocenters. The van der Waals surface area contributed by atoms with E-state index >= 15 is 0 Å². The lowest BCUT2D eigenvalue weighted by Gasteiger charge is -2.62. The fourth-order valence-corrected chi connectivity index (χ4v) is 8.41. The van der Waals surface area contributed by atoms with Gasteiger partial charge >= 0.3 is 5.97 Å². The fourth-order valence-electron chi connectivity index (χ4n) is 8.41. The Hall–Kier alpha value is -0.570. The molecule has 0 aromatic heterocycles. The van der Waals surface area contributed by atoms with Gasteiger partial charge < -0.3 is 9.84 Å². The van der Waals surface area contributed by atoms with Crippen LogP contribution in [0.25, 0.3) is 0 Å². The van der Waals surface area contributed by atoms with E-state index in [-0.39, 0.29) is 5.97 Å². The molecule has 4 aliphatic rings. The number of carbonyl (C=O) groups is 1. The summed E-state index contributed by atoms with van der Waals surface area (Å²) in [5.41, 5.74) is 0.432. The lowest BCUT2D eigenvalue weighted by Crippen LogP contribution is -2.55. The number of fused-ring (bicyclic) bond motifs is 5. The second kappa shape index (κ2) is 6.75. The van der Waals surface area contributed by atoms with Crippen molar-refractivity contribution in [1.29, 1.82) is 0 Å². The average molecular weight is 377 g/mol. The smallest absolute Gasteiger partial charge is 0.305 e. The number of aliphatic hydroxyl groups is 1. The van der Waals surface area contributed by atoms with Crippen LogP contribution in [0.4, 0.5) is 0 Å². The van der Waals surface area contributed by atoms with E-state index in [1.165, 1.54) is 52.1 Å². The van der Waals surface area contributed by atoms with E-state index in [1.54, 1.807) is 0 Å². The first kappa shape index (κ1) is 19.7. The summed E-state index contributed by atoms with van der Waals surface area (Å²) in [6.45, 7) is 7.17. The second-order valence-electron chi connectivity index (χ2n) is 11.3. The van der Waals surface area contributed by atoms with E-state index in [0.29, 0.717) is 29.1 Å². The molecule has 1 N–H and O–H groups in total. The standard InChI is InChI=1S/C24H40O3/c1-22(26)13-14-24(3)17(15-22)5-8-18-19-9-6-16(7-10-21(25)27-4)23(19,2)12-11-20(18)24/h16-20,26H,5-15H2,1-4H3/t16-,17+,18+,19+,20+,22+,23-,24+/m1/s1. The van der Waals surface area contributed by atoms with Crippen molar-refractivity contribution in [2.75, 3.05) is 7.11 Å². The zero-order valence-electron chi connectivity index (χ0n) is 17.9. The molecule has 0 spiro atoms. The van der Waals surface area contributed by atoms with E-state index in [1.807, 2.05) is 0 Å². The Morgan fingerprint density at radius 2 is 1.70 bits per heavy atom. The summed E-state index contributed by atoms with van der Waals surface area (Å²) in [7, 11) is 1.51. The van der Waals surface area contributed by atoms with Gasteiger partial charge in [0.2, 0.25) is 0 Å². The van der Waals surface area contributed by atoms with Gasteiger partial charge in [0.05, 0.1) is 12.7 Å². The summed E-state index contributed by atoms with van der Waals surface area (Å²) in [5.74, 6) is 3.93. The maximum absolute atomic E-state index is 11.7. The monoisotopic (exact) mass is 376 g/mol. The molecule has 0 bridgehead atoms. The third-order valence-electron chi connectivity index (χ3n) is 10.1. The molecule has 154 valence electrons. The molecule has 3 heteroatoms. The lowest BCUT2D eigenvalue weighted by molar-refractivity contribution is -0.148. The zero-order valence-corrected chi connectivity index (χ0v) is 17.9. The van der Waals surface area contributed by atoms with Gasteiger partial charge in [-0.25, -0.2) is 0 Å². The van der Waals surface area contributed by atoms with Gasteiger partial charge in [-0.2, -0.15) is 0 Å². The molecular formula is C24H40O3. The molecule has 0 unspecified atom stereocenters. The topological polar surface area (TPSA) is 46.5 Å². The molecule has 27 heavy (non-hydrogen) atoms. The van der Waals surface area contributed by atoms with Crippen LogP contribution >= 0.6 is 0 Å². The van der Waals surface area contributed by atoms with Crippen LogP contribution in [0.2, 0.25) is 0 Å². The van der Waals surface area contributed by atoms with Gasteiger partial charge in [-0.15, -0.1) is 0 Å².